The number of piperidine rings is 1. The minimum Gasteiger partial charge on any atom is -0.392 e. The molecule has 3 heteroatoms. The van der Waals surface area contributed by atoms with Gasteiger partial charge in [0.05, 0.1) is 6.10 Å². The van der Waals surface area contributed by atoms with Crippen LogP contribution in [0.4, 0.5) is 0 Å². The summed E-state index contributed by atoms with van der Waals surface area (Å²) in [5.41, 5.74) is 1.27. The van der Waals surface area contributed by atoms with E-state index >= 15 is 0 Å². The molecule has 2 unspecified atom stereocenters. The summed E-state index contributed by atoms with van der Waals surface area (Å²) in [6, 6.07) is 2.10. The van der Waals surface area contributed by atoms with Gasteiger partial charge >= 0.3 is 0 Å². The lowest BCUT2D eigenvalue weighted by Gasteiger charge is -2.27. The molecule has 1 aromatic heterocycles. The summed E-state index contributed by atoms with van der Waals surface area (Å²) >= 11 is 1.70. The van der Waals surface area contributed by atoms with Crippen LogP contribution in [0.25, 0.3) is 0 Å². The van der Waals surface area contributed by atoms with Crippen molar-refractivity contribution in [3.8, 4) is 0 Å². The van der Waals surface area contributed by atoms with Gasteiger partial charge in [-0.1, -0.05) is 0 Å². The van der Waals surface area contributed by atoms with Crippen LogP contribution in [0.3, 0.4) is 0 Å². The van der Waals surface area contributed by atoms with Gasteiger partial charge in [-0.2, -0.15) is 11.3 Å². The molecule has 2 rings (SSSR count). The molecule has 2 atom stereocenters. The molecule has 0 bridgehead atoms. The molecule has 0 aromatic carbocycles. The van der Waals surface area contributed by atoms with E-state index in [0.29, 0.717) is 5.92 Å². The van der Waals surface area contributed by atoms with Gasteiger partial charge in [-0.15, -0.1) is 0 Å². The van der Waals surface area contributed by atoms with Crippen molar-refractivity contribution >= 4 is 11.3 Å². The largest absolute Gasteiger partial charge is 0.392 e. The maximum atomic E-state index is 10.0. The molecule has 2 N–H and O–H groups in total. The van der Waals surface area contributed by atoms with E-state index in [1.54, 1.807) is 11.3 Å². The van der Waals surface area contributed by atoms with Crippen LogP contribution >= 0.6 is 11.3 Å². The Morgan fingerprint density at radius 3 is 3.21 bits per heavy atom. The zero-order valence-electron chi connectivity index (χ0n) is 8.28. The summed E-state index contributed by atoms with van der Waals surface area (Å²) in [5.74, 6) is 0.448. The van der Waals surface area contributed by atoms with Gasteiger partial charge in [-0.3, -0.25) is 0 Å². The molecule has 14 heavy (non-hydrogen) atoms. The van der Waals surface area contributed by atoms with E-state index in [0.717, 1.165) is 25.9 Å². The van der Waals surface area contributed by atoms with Gasteiger partial charge in [-0.05, 0) is 54.1 Å². The van der Waals surface area contributed by atoms with Gasteiger partial charge in [0.15, 0.2) is 0 Å². The molecule has 2 nitrogen and oxygen atoms in total. The molecule has 1 saturated heterocycles. The van der Waals surface area contributed by atoms with Crippen LogP contribution < -0.4 is 5.32 Å². The summed E-state index contributed by atoms with van der Waals surface area (Å²) in [5, 5.41) is 17.5. The van der Waals surface area contributed by atoms with Crippen LogP contribution in [0.2, 0.25) is 0 Å². The number of aliphatic hydroxyl groups is 1. The fraction of sp³-hybridized carbons (Fsp3) is 0.636. The van der Waals surface area contributed by atoms with Gasteiger partial charge in [0.2, 0.25) is 0 Å². The molecule has 1 aliphatic rings. The summed E-state index contributed by atoms with van der Waals surface area (Å²) in [6.07, 6.45) is 3.01. The first-order chi connectivity index (χ1) is 6.86. The molecule has 0 spiro atoms. The summed E-state index contributed by atoms with van der Waals surface area (Å²) in [6.45, 7) is 2.09. The molecular weight excluding hydrogens is 194 g/mol. The van der Waals surface area contributed by atoms with Gasteiger partial charge < -0.3 is 10.4 Å². The molecule has 0 saturated carbocycles. The lowest BCUT2D eigenvalue weighted by Crippen LogP contribution is -2.37. The number of rotatable bonds is 3. The SMILES string of the molecule is OC(Cc1ccsc1)C1CCCNC1. The van der Waals surface area contributed by atoms with Crippen LogP contribution in [0.5, 0.6) is 0 Å². The number of hydrogen-bond acceptors (Lipinski definition) is 3. The fourth-order valence-electron chi connectivity index (χ4n) is 2.02. The Bertz CT molecular complexity index is 254. The molecule has 78 valence electrons. The smallest absolute Gasteiger partial charge is 0.0621 e. The van der Waals surface area contributed by atoms with E-state index in [2.05, 4.69) is 22.1 Å². The van der Waals surface area contributed by atoms with E-state index in [1.807, 2.05) is 0 Å². The Hall–Kier alpha value is -0.380. The fourth-order valence-corrected chi connectivity index (χ4v) is 2.71. The molecular formula is C11H17NOS. The number of nitrogens with one attached hydrogen (secondary N) is 1. The van der Waals surface area contributed by atoms with Crippen LogP contribution in [-0.4, -0.2) is 24.3 Å². The quantitative estimate of drug-likeness (QED) is 0.797. The first-order valence-electron chi connectivity index (χ1n) is 5.26. The Kier molecular flexibility index (Phi) is 3.56. The van der Waals surface area contributed by atoms with E-state index < -0.39 is 0 Å². The van der Waals surface area contributed by atoms with Gasteiger partial charge in [0, 0.05) is 6.54 Å². The zero-order valence-corrected chi connectivity index (χ0v) is 9.09. The minimum atomic E-state index is -0.169. The summed E-state index contributed by atoms with van der Waals surface area (Å²) in [4.78, 5) is 0. The van der Waals surface area contributed by atoms with Crippen molar-refractivity contribution < 1.29 is 5.11 Å². The van der Waals surface area contributed by atoms with Crippen molar-refractivity contribution in [3.05, 3.63) is 22.4 Å². The van der Waals surface area contributed by atoms with Crippen molar-refractivity contribution in [2.75, 3.05) is 13.1 Å². The Labute approximate surface area is 89.0 Å². The van der Waals surface area contributed by atoms with E-state index in [1.165, 1.54) is 12.0 Å². The predicted molar refractivity (Wildman–Crippen MR) is 59.6 cm³/mol. The topological polar surface area (TPSA) is 32.3 Å². The van der Waals surface area contributed by atoms with E-state index in [-0.39, 0.29) is 6.10 Å². The van der Waals surface area contributed by atoms with Crippen molar-refractivity contribution in [1.29, 1.82) is 0 Å². The maximum absolute atomic E-state index is 10.0. The highest BCUT2D eigenvalue weighted by atomic mass is 32.1. The van der Waals surface area contributed by atoms with Gasteiger partial charge in [-0.25, -0.2) is 0 Å². The highest BCUT2D eigenvalue weighted by Gasteiger charge is 2.21. The molecule has 0 aliphatic carbocycles. The molecule has 1 aromatic rings. The number of aliphatic hydroxyl groups excluding tert-OH is 1. The first kappa shape index (κ1) is 10.1. The first-order valence-corrected chi connectivity index (χ1v) is 6.20. The van der Waals surface area contributed by atoms with Gasteiger partial charge in [0.1, 0.15) is 0 Å². The third kappa shape index (κ3) is 2.56. The second-order valence-corrected chi connectivity index (χ2v) is 4.79. The Balaban J connectivity index is 1.85. The van der Waals surface area contributed by atoms with E-state index in [9.17, 15) is 5.11 Å². The van der Waals surface area contributed by atoms with Gasteiger partial charge in [0.25, 0.3) is 0 Å². The van der Waals surface area contributed by atoms with Crippen LogP contribution in [0.1, 0.15) is 18.4 Å². The highest BCUT2D eigenvalue weighted by molar-refractivity contribution is 7.07. The van der Waals surface area contributed by atoms with Crippen molar-refractivity contribution in [2.24, 2.45) is 5.92 Å². The lowest BCUT2D eigenvalue weighted by atomic mass is 9.90. The summed E-state index contributed by atoms with van der Waals surface area (Å²) < 4.78 is 0. The van der Waals surface area contributed by atoms with Crippen molar-refractivity contribution in [1.82, 2.24) is 5.32 Å². The molecule has 1 fully saturated rings. The van der Waals surface area contributed by atoms with Crippen LogP contribution in [0.15, 0.2) is 16.8 Å². The maximum Gasteiger partial charge on any atom is 0.0621 e. The van der Waals surface area contributed by atoms with Crippen LogP contribution in [-0.2, 0) is 6.42 Å². The third-order valence-corrected chi connectivity index (χ3v) is 3.64. The van der Waals surface area contributed by atoms with Crippen molar-refractivity contribution in [2.45, 2.75) is 25.4 Å². The number of hydrogen-bond donors (Lipinski definition) is 2. The number of thiophene rings is 1. The monoisotopic (exact) mass is 211 g/mol. The highest BCUT2D eigenvalue weighted by Crippen LogP contribution is 2.18. The molecule has 1 aliphatic heterocycles. The normalized spacial score (nSPS) is 24.8. The second-order valence-electron chi connectivity index (χ2n) is 4.01. The Morgan fingerprint density at radius 2 is 2.57 bits per heavy atom. The minimum absolute atomic E-state index is 0.169. The molecule has 0 amide bonds. The lowest BCUT2D eigenvalue weighted by molar-refractivity contribution is 0.0923. The average molecular weight is 211 g/mol. The standard InChI is InChI=1S/C11H17NOS/c13-11(6-9-3-5-14-8-9)10-2-1-4-12-7-10/h3,5,8,10-13H,1-2,4,6-7H2. The zero-order chi connectivity index (χ0) is 9.80. The predicted octanol–water partition coefficient (Wildman–Crippen LogP) is 1.65. The summed E-state index contributed by atoms with van der Waals surface area (Å²) in [7, 11) is 0. The van der Waals surface area contributed by atoms with Crippen LogP contribution in [0, 0.1) is 5.92 Å². The van der Waals surface area contributed by atoms with E-state index in [4.69, 9.17) is 0 Å². The van der Waals surface area contributed by atoms with Crippen molar-refractivity contribution in [3.63, 3.8) is 0 Å². The Morgan fingerprint density at radius 1 is 1.64 bits per heavy atom. The third-order valence-electron chi connectivity index (χ3n) is 2.90. The molecule has 0 radical (unpaired) electrons. The second kappa shape index (κ2) is 4.91. The molecule has 2 heterocycles. The average Bonchev–Trinajstić information content (AvgIpc) is 2.72.